The molecule has 16 nitrogen and oxygen atoms in total. The number of amides is 1. The maximum atomic E-state index is 12.2. The molecule has 0 saturated carbocycles. The summed E-state index contributed by atoms with van der Waals surface area (Å²) in [5, 5.41) is 35.3. The average Bonchev–Trinajstić information content (AvgIpc) is 3.96. The van der Waals surface area contributed by atoms with E-state index in [9.17, 15) is 19.2 Å². The molecule has 0 radical (unpaired) electrons. The number of halogens is 2. The molecule has 4 heterocycles. The normalized spacial score (nSPS) is 10.5. The van der Waals surface area contributed by atoms with E-state index >= 15 is 0 Å². The molecule has 0 aliphatic carbocycles. The third-order valence-corrected chi connectivity index (χ3v) is 7.68. The number of rotatable bonds is 9. The number of ketones is 2. The second-order valence-corrected chi connectivity index (χ2v) is 11.9. The Balaban J connectivity index is 0.000000250. The number of nitrogens with zero attached hydrogens (tertiary/aromatic N) is 7. The molecular weight excluding hydrogens is 737 g/mol. The zero-order valence-corrected chi connectivity index (χ0v) is 29.7. The van der Waals surface area contributed by atoms with Crippen molar-refractivity contribution in [3.8, 4) is 22.5 Å². The number of carbonyl (C=O) groups is 4. The number of Topliss-reactive ketones (excluding diaryl/α,β-unsaturated/α-hetero) is 2. The molecule has 0 spiro atoms. The summed E-state index contributed by atoms with van der Waals surface area (Å²) >= 11 is 12.0. The lowest BCUT2D eigenvalue weighted by molar-refractivity contribution is 0.0689. The van der Waals surface area contributed by atoms with Crippen molar-refractivity contribution in [3.05, 3.63) is 129 Å². The minimum absolute atomic E-state index is 0. The van der Waals surface area contributed by atoms with Gasteiger partial charge in [0, 0.05) is 54.0 Å². The summed E-state index contributed by atoms with van der Waals surface area (Å²) in [6, 6.07) is 16.6. The minimum atomic E-state index is -1.12. The van der Waals surface area contributed by atoms with Gasteiger partial charge in [-0.3, -0.25) is 34.4 Å². The second-order valence-electron chi connectivity index (χ2n) is 11.1. The van der Waals surface area contributed by atoms with Crippen LogP contribution in [0.3, 0.4) is 0 Å². The average molecular weight is 771 g/mol. The Morgan fingerprint density at radius 2 is 1.39 bits per heavy atom. The van der Waals surface area contributed by atoms with Gasteiger partial charge in [0.2, 0.25) is 11.4 Å². The molecule has 0 unspecified atom stereocenters. The number of aromatic amines is 3. The van der Waals surface area contributed by atoms with Crippen LogP contribution in [0.5, 0.6) is 0 Å². The smallest absolute Gasteiger partial charge is 0.353 e. The fraction of sp³-hybridized carbons (Fsp3) is 0.167. The van der Waals surface area contributed by atoms with Crippen molar-refractivity contribution in [2.24, 2.45) is 0 Å². The number of hydrogen-bond donors (Lipinski definition) is 5. The Kier molecular flexibility index (Phi) is 14.7. The predicted octanol–water partition coefficient (Wildman–Crippen LogP) is 7.73. The summed E-state index contributed by atoms with van der Waals surface area (Å²) in [6.07, 6.45) is 3.48. The van der Waals surface area contributed by atoms with Gasteiger partial charge in [0.05, 0.1) is 31.1 Å². The highest BCUT2D eigenvalue weighted by molar-refractivity contribution is 6.34. The summed E-state index contributed by atoms with van der Waals surface area (Å²) in [5.41, 5.74) is 4.73. The van der Waals surface area contributed by atoms with Crippen molar-refractivity contribution in [2.75, 3.05) is 0 Å². The number of carbonyl (C=O) groups excluding carboxylic acids is 3. The molecule has 4 aromatic heterocycles. The highest BCUT2D eigenvalue weighted by Crippen LogP contribution is 2.30. The van der Waals surface area contributed by atoms with Crippen LogP contribution in [0, 0.1) is 13.1 Å². The van der Waals surface area contributed by atoms with E-state index in [0.717, 1.165) is 22.5 Å². The van der Waals surface area contributed by atoms with Crippen LogP contribution in [0.4, 0.5) is 11.4 Å². The van der Waals surface area contributed by atoms with Crippen LogP contribution in [0.15, 0.2) is 73.1 Å². The minimum Gasteiger partial charge on any atom is -0.477 e. The zero-order valence-electron chi connectivity index (χ0n) is 28.2. The lowest BCUT2D eigenvalue weighted by Gasteiger charge is -2.13. The van der Waals surface area contributed by atoms with Crippen molar-refractivity contribution in [1.29, 1.82) is 0 Å². The van der Waals surface area contributed by atoms with E-state index in [1.807, 2.05) is 25.1 Å². The van der Waals surface area contributed by atoms with Gasteiger partial charge in [0.1, 0.15) is 22.8 Å². The van der Waals surface area contributed by atoms with Crippen molar-refractivity contribution in [2.45, 2.75) is 40.8 Å². The second kappa shape index (κ2) is 19.1. The van der Waals surface area contributed by atoms with Crippen molar-refractivity contribution in [1.82, 2.24) is 45.7 Å². The lowest BCUT2D eigenvalue weighted by atomic mass is 10.1. The summed E-state index contributed by atoms with van der Waals surface area (Å²) in [4.78, 5) is 51.0. The number of nitrogens with one attached hydrogen (secondary N) is 4. The number of carboxylic acid groups (broad SMARTS) is 1. The SMILES string of the molecule is C.CC(=O)c1cc(C(=O)O)[nH]n1.[C-]#[N+]c1ccc(-c2ccn(C[C@H](C)NC(=O)c3cc(C(C)=O)n[nH]3)n2)cc1Cl.[C-]#[N+]c1ccc(-c2ccn[nH]2)cc1Cl. The number of H-pyrrole nitrogens is 3. The molecule has 1 atom stereocenters. The number of aromatic carboxylic acids is 1. The largest absolute Gasteiger partial charge is 0.477 e. The molecule has 54 heavy (non-hydrogen) atoms. The van der Waals surface area contributed by atoms with Crippen LogP contribution >= 0.6 is 23.2 Å². The fourth-order valence-electron chi connectivity index (χ4n) is 4.41. The van der Waals surface area contributed by atoms with E-state index in [0.29, 0.717) is 28.0 Å². The summed E-state index contributed by atoms with van der Waals surface area (Å²) < 4.78 is 1.71. The van der Waals surface area contributed by atoms with Gasteiger partial charge in [-0.15, -0.1) is 0 Å². The molecule has 5 N–H and O–H groups in total. The van der Waals surface area contributed by atoms with Crippen LogP contribution < -0.4 is 5.32 Å². The van der Waals surface area contributed by atoms with Crippen LogP contribution in [-0.4, -0.2) is 75.0 Å². The van der Waals surface area contributed by atoms with Gasteiger partial charge in [0.25, 0.3) is 5.91 Å². The van der Waals surface area contributed by atoms with E-state index in [-0.39, 0.29) is 53.7 Å². The number of carboxylic acids is 1. The summed E-state index contributed by atoms with van der Waals surface area (Å²) in [6.45, 7) is 18.9. The molecular formula is C36H33Cl2N11O5. The monoisotopic (exact) mass is 769 g/mol. The Morgan fingerprint density at radius 1 is 0.833 bits per heavy atom. The van der Waals surface area contributed by atoms with Crippen LogP contribution in [0.1, 0.15) is 70.2 Å². The molecule has 0 aliphatic heterocycles. The van der Waals surface area contributed by atoms with Gasteiger partial charge < -0.3 is 10.4 Å². The zero-order chi connectivity index (χ0) is 38.7. The fourth-order valence-corrected chi connectivity index (χ4v) is 4.86. The van der Waals surface area contributed by atoms with Crippen molar-refractivity contribution >= 4 is 58.0 Å². The molecule has 6 aromatic rings. The highest BCUT2D eigenvalue weighted by atomic mass is 35.5. The molecule has 0 fully saturated rings. The Hall–Kier alpha value is -6.88. The third-order valence-electron chi connectivity index (χ3n) is 7.08. The Bertz CT molecular complexity index is 2320. The lowest BCUT2D eigenvalue weighted by Crippen LogP contribution is -2.36. The van der Waals surface area contributed by atoms with Gasteiger partial charge in [-0.1, -0.05) is 54.9 Å². The first-order valence-corrected chi connectivity index (χ1v) is 16.1. The third kappa shape index (κ3) is 11.1. The van der Waals surface area contributed by atoms with Crippen molar-refractivity contribution < 1.29 is 24.3 Å². The van der Waals surface area contributed by atoms with E-state index < -0.39 is 5.97 Å². The van der Waals surface area contributed by atoms with Crippen LogP contribution in [0.2, 0.25) is 10.0 Å². The predicted molar refractivity (Wildman–Crippen MR) is 202 cm³/mol. The number of aromatic nitrogens is 8. The first-order chi connectivity index (χ1) is 25.3. The van der Waals surface area contributed by atoms with Crippen LogP contribution in [0.25, 0.3) is 32.2 Å². The summed E-state index contributed by atoms with van der Waals surface area (Å²) in [7, 11) is 0. The molecule has 6 rings (SSSR count). The molecule has 0 bridgehead atoms. The maximum Gasteiger partial charge on any atom is 0.353 e. The first kappa shape index (κ1) is 41.5. The van der Waals surface area contributed by atoms with E-state index in [1.165, 1.54) is 26.0 Å². The molecule has 0 saturated heterocycles. The Morgan fingerprint density at radius 3 is 1.87 bits per heavy atom. The molecule has 1 amide bonds. The standard InChI is InChI=1S/C19H17ClN6O2.C10H6ClN3.C6H6N2O3.CH4/c1-11(22-19(28)18-9-17(12(2)27)23-24-18)10-26-7-6-15(25-26)13-4-5-16(21-3)14(20)8-13;1-12-10-3-2-7(6-8(10)11)9-4-5-13-14-9;1-3(9)4-2-5(6(10)11)8-7-4;/h4-9,11H,10H2,1-2H3,(H,22,28)(H,23,24);2-6H,(H,13,14);2H,1H3,(H,7,8)(H,10,11);1H4/t11-;;;/m0.../s1. The van der Waals surface area contributed by atoms with Crippen LogP contribution in [-0.2, 0) is 6.54 Å². The highest BCUT2D eigenvalue weighted by Gasteiger charge is 2.16. The van der Waals surface area contributed by atoms with E-state index in [4.69, 9.17) is 41.5 Å². The number of benzene rings is 2. The molecule has 0 aliphatic rings. The maximum absolute atomic E-state index is 12.2. The topological polar surface area (TPSA) is 213 Å². The quantitative estimate of drug-likeness (QED) is 0.0718. The van der Waals surface area contributed by atoms with E-state index in [2.05, 4.69) is 50.7 Å². The number of hydrogen-bond acceptors (Lipinski definition) is 8. The van der Waals surface area contributed by atoms with Gasteiger partial charge in [0.15, 0.2) is 11.6 Å². The van der Waals surface area contributed by atoms with Gasteiger partial charge in [-0.05, 0) is 42.8 Å². The van der Waals surface area contributed by atoms with Crippen molar-refractivity contribution in [3.63, 3.8) is 0 Å². The Labute approximate surface area is 319 Å². The molecule has 2 aromatic carbocycles. The van der Waals surface area contributed by atoms with Gasteiger partial charge in [-0.2, -0.15) is 20.4 Å². The molecule has 18 heteroatoms. The first-order valence-electron chi connectivity index (χ1n) is 15.3. The summed E-state index contributed by atoms with van der Waals surface area (Å²) in [5.74, 6) is -1.93. The van der Waals surface area contributed by atoms with E-state index in [1.54, 1.807) is 47.4 Å². The van der Waals surface area contributed by atoms with Gasteiger partial charge >= 0.3 is 5.97 Å². The van der Waals surface area contributed by atoms with Gasteiger partial charge in [-0.25, -0.2) is 14.5 Å². The molecule has 276 valence electrons.